The highest BCUT2D eigenvalue weighted by atomic mass is 16.5. The van der Waals surface area contributed by atoms with E-state index in [0.29, 0.717) is 0 Å². The third-order valence-electron chi connectivity index (χ3n) is 3.66. The summed E-state index contributed by atoms with van der Waals surface area (Å²) in [6, 6.07) is 7.84. The maximum Gasteiger partial charge on any atom is 0.223 e. The van der Waals surface area contributed by atoms with E-state index < -0.39 is 0 Å². The molecule has 104 valence electrons. The van der Waals surface area contributed by atoms with Crippen LogP contribution < -0.4 is 15.4 Å². The lowest BCUT2D eigenvalue weighted by Crippen LogP contribution is -2.39. The van der Waals surface area contributed by atoms with Crippen molar-refractivity contribution in [3.05, 3.63) is 29.8 Å². The number of amides is 1. The van der Waals surface area contributed by atoms with Crippen LogP contribution in [0.4, 0.5) is 0 Å². The first-order valence-corrected chi connectivity index (χ1v) is 6.85. The second-order valence-corrected chi connectivity index (χ2v) is 5.03. The first kappa shape index (κ1) is 13.9. The molecule has 1 aromatic rings. The molecule has 1 saturated heterocycles. The summed E-state index contributed by atoms with van der Waals surface area (Å²) >= 11 is 0. The molecule has 0 radical (unpaired) electrons. The van der Waals surface area contributed by atoms with Crippen LogP contribution in [-0.4, -0.2) is 26.1 Å². The van der Waals surface area contributed by atoms with Gasteiger partial charge in [0.25, 0.3) is 0 Å². The Morgan fingerprint density at radius 1 is 1.42 bits per heavy atom. The molecule has 2 N–H and O–H groups in total. The topological polar surface area (TPSA) is 50.4 Å². The van der Waals surface area contributed by atoms with Crippen molar-refractivity contribution < 1.29 is 9.53 Å². The Labute approximate surface area is 114 Å². The summed E-state index contributed by atoms with van der Waals surface area (Å²) in [5.74, 6) is 1.13. The Kier molecular flexibility index (Phi) is 4.80. The van der Waals surface area contributed by atoms with Crippen molar-refractivity contribution in [1.29, 1.82) is 0 Å². The Morgan fingerprint density at radius 2 is 2.16 bits per heavy atom. The van der Waals surface area contributed by atoms with E-state index in [2.05, 4.69) is 10.6 Å². The summed E-state index contributed by atoms with van der Waals surface area (Å²) in [5.41, 5.74) is 1.07. The molecule has 19 heavy (non-hydrogen) atoms. The minimum Gasteiger partial charge on any atom is -0.497 e. The zero-order valence-corrected chi connectivity index (χ0v) is 11.6. The standard InChI is InChI=1S/C15H22N2O2/c1-11(13-4-3-5-14(10-13)19-2)17-15(18)12-6-8-16-9-7-12/h3-5,10-12,16H,6-9H2,1-2H3,(H,17,18)/t11-/m0/s1. The summed E-state index contributed by atoms with van der Waals surface area (Å²) in [7, 11) is 1.65. The number of carbonyl (C=O) groups excluding carboxylic acids is 1. The molecule has 0 spiro atoms. The number of methoxy groups -OCH3 is 1. The molecular weight excluding hydrogens is 240 g/mol. The van der Waals surface area contributed by atoms with Gasteiger partial charge in [0, 0.05) is 5.92 Å². The average molecular weight is 262 g/mol. The molecule has 1 amide bonds. The molecule has 0 saturated carbocycles. The molecule has 1 fully saturated rings. The van der Waals surface area contributed by atoms with Crippen LogP contribution in [-0.2, 0) is 4.79 Å². The van der Waals surface area contributed by atoms with Crippen molar-refractivity contribution in [3.8, 4) is 5.75 Å². The number of rotatable bonds is 4. The zero-order chi connectivity index (χ0) is 13.7. The summed E-state index contributed by atoms with van der Waals surface area (Å²) in [5, 5.41) is 6.37. The molecule has 1 aliphatic rings. The Bertz CT molecular complexity index is 428. The third-order valence-corrected chi connectivity index (χ3v) is 3.66. The summed E-state index contributed by atoms with van der Waals surface area (Å²) in [6.45, 7) is 3.88. The van der Waals surface area contributed by atoms with Crippen LogP contribution in [0.25, 0.3) is 0 Å². The predicted molar refractivity (Wildman–Crippen MR) is 75.1 cm³/mol. The van der Waals surface area contributed by atoms with Gasteiger partial charge in [-0.1, -0.05) is 12.1 Å². The molecule has 0 unspecified atom stereocenters. The van der Waals surface area contributed by atoms with Gasteiger partial charge in [-0.2, -0.15) is 0 Å². The Hall–Kier alpha value is -1.55. The van der Waals surface area contributed by atoms with Crippen molar-refractivity contribution in [3.63, 3.8) is 0 Å². The first-order valence-electron chi connectivity index (χ1n) is 6.85. The molecular formula is C15H22N2O2. The van der Waals surface area contributed by atoms with Crippen molar-refractivity contribution in [2.24, 2.45) is 5.92 Å². The molecule has 1 aliphatic heterocycles. The van der Waals surface area contributed by atoms with Crippen LogP contribution in [0.1, 0.15) is 31.4 Å². The molecule has 1 aromatic carbocycles. The minimum atomic E-state index is 0.0116. The molecule has 1 heterocycles. The Morgan fingerprint density at radius 3 is 2.84 bits per heavy atom. The van der Waals surface area contributed by atoms with E-state index in [1.807, 2.05) is 31.2 Å². The molecule has 0 aromatic heterocycles. The molecule has 2 rings (SSSR count). The zero-order valence-electron chi connectivity index (χ0n) is 11.6. The van der Waals surface area contributed by atoms with E-state index in [0.717, 1.165) is 37.2 Å². The first-order chi connectivity index (χ1) is 9.20. The van der Waals surface area contributed by atoms with Gasteiger partial charge in [-0.3, -0.25) is 4.79 Å². The van der Waals surface area contributed by atoms with E-state index >= 15 is 0 Å². The number of ether oxygens (including phenoxy) is 1. The second kappa shape index (κ2) is 6.57. The van der Waals surface area contributed by atoms with Gasteiger partial charge in [0.05, 0.1) is 13.2 Å². The highest BCUT2D eigenvalue weighted by molar-refractivity contribution is 5.79. The van der Waals surface area contributed by atoms with Crippen LogP contribution in [0.3, 0.4) is 0 Å². The van der Waals surface area contributed by atoms with Crippen LogP contribution in [0.2, 0.25) is 0 Å². The van der Waals surface area contributed by atoms with Crippen molar-refractivity contribution in [2.45, 2.75) is 25.8 Å². The summed E-state index contributed by atoms with van der Waals surface area (Å²) < 4.78 is 5.21. The summed E-state index contributed by atoms with van der Waals surface area (Å²) in [6.07, 6.45) is 1.85. The molecule has 4 nitrogen and oxygen atoms in total. The van der Waals surface area contributed by atoms with Crippen LogP contribution in [0.5, 0.6) is 5.75 Å². The lowest BCUT2D eigenvalue weighted by Gasteiger charge is -2.24. The lowest BCUT2D eigenvalue weighted by atomic mass is 9.96. The van der Waals surface area contributed by atoms with Crippen molar-refractivity contribution in [1.82, 2.24) is 10.6 Å². The number of benzene rings is 1. The maximum atomic E-state index is 12.2. The monoisotopic (exact) mass is 262 g/mol. The maximum absolute atomic E-state index is 12.2. The van der Waals surface area contributed by atoms with E-state index in [1.54, 1.807) is 7.11 Å². The predicted octanol–water partition coefficient (Wildman–Crippen LogP) is 1.87. The fraction of sp³-hybridized carbons (Fsp3) is 0.533. The van der Waals surface area contributed by atoms with Gasteiger partial charge in [-0.25, -0.2) is 0 Å². The number of hydrogen-bond donors (Lipinski definition) is 2. The van der Waals surface area contributed by atoms with Crippen molar-refractivity contribution in [2.75, 3.05) is 20.2 Å². The molecule has 4 heteroatoms. The van der Waals surface area contributed by atoms with Crippen LogP contribution in [0, 0.1) is 5.92 Å². The average Bonchev–Trinajstić information content (AvgIpc) is 2.48. The number of hydrogen-bond acceptors (Lipinski definition) is 3. The largest absolute Gasteiger partial charge is 0.497 e. The Balaban J connectivity index is 1.95. The van der Waals surface area contributed by atoms with Crippen LogP contribution in [0.15, 0.2) is 24.3 Å². The second-order valence-electron chi connectivity index (χ2n) is 5.03. The quantitative estimate of drug-likeness (QED) is 0.871. The normalized spacial score (nSPS) is 17.8. The smallest absolute Gasteiger partial charge is 0.223 e. The molecule has 0 bridgehead atoms. The van der Waals surface area contributed by atoms with Crippen molar-refractivity contribution >= 4 is 5.91 Å². The fourth-order valence-corrected chi connectivity index (χ4v) is 2.41. The highest BCUT2D eigenvalue weighted by Gasteiger charge is 2.22. The van der Waals surface area contributed by atoms with E-state index in [1.165, 1.54) is 0 Å². The number of nitrogens with one attached hydrogen (secondary N) is 2. The molecule has 1 atom stereocenters. The van der Waals surface area contributed by atoms with Crippen LogP contribution >= 0.6 is 0 Å². The van der Waals surface area contributed by atoms with Gasteiger partial charge in [-0.15, -0.1) is 0 Å². The van der Waals surface area contributed by atoms with Gasteiger partial charge >= 0.3 is 0 Å². The molecule has 0 aliphatic carbocycles. The summed E-state index contributed by atoms with van der Waals surface area (Å²) in [4.78, 5) is 12.2. The van der Waals surface area contributed by atoms with E-state index in [4.69, 9.17) is 4.74 Å². The van der Waals surface area contributed by atoms with Gasteiger partial charge in [0.1, 0.15) is 5.75 Å². The van der Waals surface area contributed by atoms with Gasteiger partial charge in [0.15, 0.2) is 0 Å². The minimum absolute atomic E-state index is 0.0116. The van der Waals surface area contributed by atoms with Gasteiger partial charge in [-0.05, 0) is 50.6 Å². The number of carbonyl (C=O) groups is 1. The van der Waals surface area contributed by atoms with Gasteiger partial charge < -0.3 is 15.4 Å². The third kappa shape index (κ3) is 3.70. The van der Waals surface area contributed by atoms with E-state index in [9.17, 15) is 4.79 Å². The fourth-order valence-electron chi connectivity index (χ4n) is 2.41. The lowest BCUT2D eigenvalue weighted by molar-refractivity contribution is -0.126. The van der Waals surface area contributed by atoms with Gasteiger partial charge in [0.2, 0.25) is 5.91 Å². The van der Waals surface area contributed by atoms with E-state index in [-0.39, 0.29) is 17.9 Å². The SMILES string of the molecule is COc1cccc([C@H](C)NC(=O)C2CCNCC2)c1. The highest BCUT2D eigenvalue weighted by Crippen LogP contribution is 2.20. The number of piperidine rings is 1.